The molecule has 2 heterocycles. The number of benzene rings is 3. The lowest BCUT2D eigenvalue weighted by Gasteiger charge is -2.46. The molecule has 4 aliphatic rings. The molecule has 0 bridgehead atoms. The number of para-hydroxylation sites is 1. The van der Waals surface area contributed by atoms with Gasteiger partial charge in [-0.1, -0.05) is 42.5 Å². The fourth-order valence-corrected chi connectivity index (χ4v) is 8.72. The van der Waals surface area contributed by atoms with E-state index in [-0.39, 0.29) is 34.8 Å². The van der Waals surface area contributed by atoms with Crippen LogP contribution in [0.3, 0.4) is 0 Å². The van der Waals surface area contributed by atoms with Crippen LogP contribution in [-0.4, -0.2) is 52.5 Å². The van der Waals surface area contributed by atoms with E-state index in [1.165, 1.54) is 31.2 Å². The van der Waals surface area contributed by atoms with Crippen molar-refractivity contribution in [3.8, 4) is 11.5 Å². The smallest absolute Gasteiger partial charge is 0.380 e. The van der Waals surface area contributed by atoms with Gasteiger partial charge in [0.2, 0.25) is 0 Å². The second kappa shape index (κ2) is 10.7. The van der Waals surface area contributed by atoms with E-state index >= 15 is 26.3 Å². The summed E-state index contributed by atoms with van der Waals surface area (Å²) < 4.78 is 97.3. The van der Waals surface area contributed by atoms with Gasteiger partial charge in [-0.15, -0.1) is 11.8 Å². The van der Waals surface area contributed by atoms with E-state index in [9.17, 15) is 5.11 Å². The van der Waals surface area contributed by atoms with Gasteiger partial charge in [-0.05, 0) is 68.7 Å². The Morgan fingerprint density at radius 2 is 1.52 bits per heavy atom. The van der Waals surface area contributed by atoms with Crippen molar-refractivity contribution in [2.75, 3.05) is 18.0 Å². The van der Waals surface area contributed by atoms with Gasteiger partial charge in [0, 0.05) is 63.8 Å². The third kappa shape index (κ3) is 4.21. The fourth-order valence-electron chi connectivity index (χ4n) is 7.24. The lowest BCUT2D eigenvalue weighted by molar-refractivity contribution is -0.257. The van der Waals surface area contributed by atoms with Gasteiger partial charge in [0.05, 0.1) is 11.3 Å². The number of phenols is 1. The van der Waals surface area contributed by atoms with Crippen LogP contribution in [0.5, 0.6) is 11.5 Å². The molecule has 0 saturated heterocycles. The van der Waals surface area contributed by atoms with Crippen molar-refractivity contribution in [2.45, 2.75) is 62.4 Å². The van der Waals surface area contributed by atoms with Crippen molar-refractivity contribution < 1.29 is 36.2 Å². The van der Waals surface area contributed by atoms with Crippen molar-refractivity contribution in [1.29, 1.82) is 0 Å². The molecule has 0 radical (unpaired) electrons. The van der Waals surface area contributed by atoms with E-state index in [0.717, 1.165) is 36.1 Å². The molecule has 250 valence electrons. The highest BCUT2D eigenvalue weighted by atomic mass is 32.2. The molecule has 0 spiro atoms. The zero-order valence-electron chi connectivity index (χ0n) is 26.6. The molecule has 7 rings (SSSR count). The lowest BCUT2D eigenvalue weighted by Crippen LogP contribution is -2.53. The van der Waals surface area contributed by atoms with Crippen molar-refractivity contribution in [1.82, 2.24) is 0 Å². The molecule has 11 heteroatoms. The zero-order valence-corrected chi connectivity index (χ0v) is 27.4. The molecule has 1 fully saturated rings. The molecule has 2 aliphatic heterocycles. The van der Waals surface area contributed by atoms with Gasteiger partial charge in [-0.3, -0.25) is 4.99 Å². The maximum absolute atomic E-state index is 15.6. The number of nitrogens with zero attached hydrogens (tertiary/aromatic N) is 2. The van der Waals surface area contributed by atoms with Crippen LogP contribution in [0.25, 0.3) is 10.5 Å². The molecule has 4 nitrogen and oxygen atoms in total. The van der Waals surface area contributed by atoms with Gasteiger partial charge in [0.15, 0.2) is 5.60 Å². The molecule has 1 saturated carbocycles. The van der Waals surface area contributed by atoms with Crippen LogP contribution in [0.4, 0.5) is 32.0 Å². The number of halogens is 6. The minimum atomic E-state index is -5.64. The van der Waals surface area contributed by atoms with Crippen molar-refractivity contribution in [3.05, 3.63) is 112 Å². The van der Waals surface area contributed by atoms with Gasteiger partial charge in [0.25, 0.3) is 0 Å². The van der Waals surface area contributed by atoms with Gasteiger partial charge >= 0.3 is 17.8 Å². The van der Waals surface area contributed by atoms with Gasteiger partial charge in [0.1, 0.15) is 11.5 Å². The number of phenolic OH excluding ortho intramolecular Hbond substituents is 1. The summed E-state index contributed by atoms with van der Waals surface area (Å²) in [6, 6.07) is 18.6. The van der Waals surface area contributed by atoms with E-state index in [2.05, 4.69) is 9.89 Å². The van der Waals surface area contributed by atoms with Crippen LogP contribution in [-0.2, 0) is 6.54 Å². The van der Waals surface area contributed by atoms with Crippen LogP contribution >= 0.6 is 11.8 Å². The van der Waals surface area contributed by atoms with E-state index in [4.69, 9.17) is 4.74 Å². The first kappa shape index (κ1) is 32.4. The Morgan fingerprint density at radius 3 is 2.19 bits per heavy atom. The summed E-state index contributed by atoms with van der Waals surface area (Å²) in [4.78, 5) is 7.03. The van der Waals surface area contributed by atoms with E-state index in [1.54, 1.807) is 55.6 Å². The minimum Gasteiger partial charge on any atom is -0.507 e. The molecule has 1 N–H and O–H groups in total. The molecular formula is C37H32F6N2O2S. The molecule has 2 atom stereocenters. The van der Waals surface area contributed by atoms with Crippen molar-refractivity contribution in [3.63, 3.8) is 0 Å². The summed E-state index contributed by atoms with van der Waals surface area (Å²) in [5, 5.41) is 10.5. The SMILES string of the molecule is CCN(CC)c1ccc(C=NCc2ccc(C3=CC4=C5C(=C6c7ccccc7OC6(C)C4(C)S3)C(F)(F)C(F)(F)C5(F)F)cc2)c(O)c1. The normalized spacial score (nSPS) is 25.8. The van der Waals surface area contributed by atoms with Crippen molar-refractivity contribution >= 4 is 34.1 Å². The van der Waals surface area contributed by atoms with Gasteiger partial charge in [-0.2, -0.15) is 26.3 Å². The zero-order chi connectivity index (χ0) is 34.4. The number of ether oxygens (including phenoxy) is 1. The molecule has 2 aliphatic carbocycles. The standard InChI is InChI=1S/C37H32F6N2O2S/c1-5-45(6-2)24-16-15-23(27(46)17-24)20-44-19-21-11-13-22(14-12-21)29-18-26-31-32(36(40,41)37(42,43)35(31,38)39)30-25-9-7-8-10-28(25)47-33(30,3)34(26,4)48-29/h7-18,20,46H,5-6,19H2,1-4H3. The number of allylic oxidation sites excluding steroid dienone is 3. The average Bonchev–Trinajstić information content (AvgIpc) is 3.60. The van der Waals surface area contributed by atoms with E-state index in [0.29, 0.717) is 16.0 Å². The summed E-state index contributed by atoms with van der Waals surface area (Å²) in [6.45, 7) is 9.08. The van der Waals surface area contributed by atoms with Crippen LogP contribution in [0.2, 0.25) is 0 Å². The first-order valence-electron chi connectivity index (χ1n) is 15.6. The van der Waals surface area contributed by atoms with Crippen LogP contribution in [0.1, 0.15) is 49.9 Å². The molecule has 3 aromatic carbocycles. The van der Waals surface area contributed by atoms with Crippen molar-refractivity contribution in [2.24, 2.45) is 4.99 Å². The number of hydrogen-bond acceptors (Lipinski definition) is 5. The third-order valence-corrected chi connectivity index (χ3v) is 11.6. The predicted octanol–water partition coefficient (Wildman–Crippen LogP) is 9.54. The van der Waals surface area contributed by atoms with Gasteiger partial charge in [-0.25, -0.2) is 0 Å². The Morgan fingerprint density at radius 1 is 0.854 bits per heavy atom. The number of aromatic hydroxyl groups is 1. The topological polar surface area (TPSA) is 45.1 Å². The van der Waals surface area contributed by atoms with Gasteiger partial charge < -0.3 is 14.7 Å². The summed E-state index contributed by atoms with van der Waals surface area (Å²) in [7, 11) is 0. The largest absolute Gasteiger partial charge is 0.507 e. The number of aliphatic imine (C=N–C) groups is 1. The Balaban J connectivity index is 1.22. The number of thioether (sulfide) groups is 1. The Kier molecular flexibility index (Phi) is 7.22. The first-order valence-corrected chi connectivity index (χ1v) is 16.4. The highest BCUT2D eigenvalue weighted by molar-refractivity contribution is 8.10. The Bertz CT molecular complexity index is 1960. The third-order valence-electron chi connectivity index (χ3n) is 10.0. The Hall–Kier alpha value is -4.12. The maximum atomic E-state index is 15.6. The number of hydrogen-bond donors (Lipinski definition) is 1. The monoisotopic (exact) mass is 682 g/mol. The maximum Gasteiger partial charge on any atom is 0.380 e. The number of alkyl halides is 6. The quantitative estimate of drug-likeness (QED) is 0.199. The molecule has 2 unspecified atom stereocenters. The number of fused-ring (bicyclic) bond motifs is 6. The van der Waals surface area contributed by atoms with E-state index < -0.39 is 39.3 Å². The highest BCUT2D eigenvalue weighted by Gasteiger charge is 2.85. The van der Waals surface area contributed by atoms with E-state index in [1.807, 2.05) is 19.9 Å². The molecule has 48 heavy (non-hydrogen) atoms. The molecular weight excluding hydrogens is 650 g/mol. The summed E-state index contributed by atoms with van der Waals surface area (Å²) in [6.07, 6.45) is 2.91. The summed E-state index contributed by atoms with van der Waals surface area (Å²) in [5.41, 5.74) is -1.95. The lowest BCUT2D eigenvalue weighted by atomic mass is 9.68. The summed E-state index contributed by atoms with van der Waals surface area (Å²) in [5.74, 6) is -15.6. The predicted molar refractivity (Wildman–Crippen MR) is 178 cm³/mol. The molecule has 0 aromatic heterocycles. The highest BCUT2D eigenvalue weighted by Crippen LogP contribution is 2.74. The number of rotatable bonds is 7. The Labute approximate surface area is 278 Å². The van der Waals surface area contributed by atoms with Crippen LogP contribution in [0, 0.1) is 0 Å². The molecule has 3 aromatic rings. The fraction of sp³-hybridized carbons (Fsp3) is 0.324. The van der Waals surface area contributed by atoms with Crippen LogP contribution < -0.4 is 9.64 Å². The second-order valence-electron chi connectivity index (χ2n) is 12.6. The second-order valence-corrected chi connectivity index (χ2v) is 14.1. The number of anilines is 1. The summed E-state index contributed by atoms with van der Waals surface area (Å²) >= 11 is 1.13. The average molecular weight is 683 g/mol. The molecule has 0 amide bonds. The van der Waals surface area contributed by atoms with Crippen LogP contribution in [0.15, 0.2) is 94.5 Å². The first-order chi connectivity index (χ1) is 22.6. The minimum absolute atomic E-state index is 0.105.